The Morgan fingerprint density at radius 2 is 2.15 bits per heavy atom. The molecule has 2 heterocycles. The van der Waals surface area contributed by atoms with Crippen LogP contribution in [0.1, 0.15) is 31.2 Å². The van der Waals surface area contributed by atoms with Crippen molar-refractivity contribution >= 4 is 34.5 Å². The van der Waals surface area contributed by atoms with Crippen LogP contribution in [0.15, 0.2) is 18.2 Å². The molecule has 3 nitrogen and oxygen atoms in total. The largest absolute Gasteiger partial charge is 0.389 e. The van der Waals surface area contributed by atoms with Crippen molar-refractivity contribution in [2.24, 2.45) is 5.73 Å². The van der Waals surface area contributed by atoms with Crippen molar-refractivity contribution < 1.29 is 0 Å². The molecule has 1 aromatic rings. The fourth-order valence-electron chi connectivity index (χ4n) is 3.40. The molecule has 108 valence electrons. The third-order valence-corrected chi connectivity index (χ3v) is 5.00. The maximum atomic E-state index is 6.34. The summed E-state index contributed by atoms with van der Waals surface area (Å²) in [4.78, 5) is 3.00. The van der Waals surface area contributed by atoms with Crippen LogP contribution in [0.4, 0.5) is 5.69 Å². The Labute approximate surface area is 130 Å². The summed E-state index contributed by atoms with van der Waals surface area (Å²) in [6.07, 6.45) is 5.17. The van der Waals surface area contributed by atoms with E-state index in [0.29, 0.717) is 22.1 Å². The van der Waals surface area contributed by atoms with Gasteiger partial charge in [-0.3, -0.25) is 4.90 Å². The van der Waals surface area contributed by atoms with E-state index in [-0.39, 0.29) is 0 Å². The lowest BCUT2D eigenvalue weighted by Gasteiger charge is -2.33. The lowest BCUT2D eigenvalue weighted by atomic mass is 9.99. The van der Waals surface area contributed by atoms with Gasteiger partial charge >= 0.3 is 0 Å². The number of thiocarbonyl (C=S) groups is 1. The first-order valence-electron chi connectivity index (χ1n) is 7.25. The standard InChI is InChI=1S/C15H20ClN3S/c16-11-9-10(15(17)20)4-5-12(11)18-13-6-8-19-7-2-1-3-14(13)19/h4-5,9,13-14,18H,1-3,6-8H2,(H2,17,20). The average molecular weight is 310 g/mol. The molecule has 0 bridgehead atoms. The fraction of sp³-hybridized carbons (Fsp3) is 0.533. The number of nitrogens with one attached hydrogen (secondary N) is 1. The minimum Gasteiger partial charge on any atom is -0.389 e. The summed E-state index contributed by atoms with van der Waals surface area (Å²) >= 11 is 11.3. The molecule has 0 saturated carbocycles. The van der Waals surface area contributed by atoms with Crippen molar-refractivity contribution in [1.82, 2.24) is 4.90 Å². The second-order valence-corrected chi connectivity index (χ2v) is 6.54. The van der Waals surface area contributed by atoms with Gasteiger partial charge in [0, 0.05) is 24.2 Å². The molecular weight excluding hydrogens is 290 g/mol. The van der Waals surface area contributed by atoms with Gasteiger partial charge in [0.2, 0.25) is 0 Å². The highest BCUT2D eigenvalue weighted by Gasteiger charge is 2.35. The van der Waals surface area contributed by atoms with E-state index in [1.165, 1.54) is 38.8 Å². The molecule has 1 aromatic carbocycles. The van der Waals surface area contributed by atoms with Crippen molar-refractivity contribution in [2.75, 3.05) is 18.4 Å². The normalized spacial score (nSPS) is 26.2. The molecule has 0 aliphatic carbocycles. The molecule has 2 fully saturated rings. The summed E-state index contributed by atoms with van der Waals surface area (Å²) in [6.45, 7) is 2.45. The van der Waals surface area contributed by atoms with Crippen molar-refractivity contribution in [3.63, 3.8) is 0 Å². The van der Waals surface area contributed by atoms with Crippen molar-refractivity contribution in [3.8, 4) is 0 Å². The van der Waals surface area contributed by atoms with Crippen molar-refractivity contribution in [1.29, 1.82) is 0 Å². The molecule has 0 spiro atoms. The maximum absolute atomic E-state index is 6.34. The van der Waals surface area contributed by atoms with Gasteiger partial charge in [0.15, 0.2) is 0 Å². The van der Waals surface area contributed by atoms with Crippen LogP contribution >= 0.6 is 23.8 Å². The molecule has 20 heavy (non-hydrogen) atoms. The van der Waals surface area contributed by atoms with Crippen LogP contribution in [0, 0.1) is 0 Å². The quantitative estimate of drug-likeness (QED) is 0.842. The molecule has 0 amide bonds. The van der Waals surface area contributed by atoms with E-state index >= 15 is 0 Å². The molecule has 2 saturated heterocycles. The zero-order valence-electron chi connectivity index (χ0n) is 11.4. The number of anilines is 1. The first kappa shape index (κ1) is 14.1. The van der Waals surface area contributed by atoms with Crippen LogP contribution in [0.25, 0.3) is 0 Å². The Morgan fingerprint density at radius 3 is 2.90 bits per heavy atom. The number of nitrogens with zero attached hydrogens (tertiary/aromatic N) is 1. The number of fused-ring (bicyclic) bond motifs is 1. The second kappa shape index (κ2) is 5.88. The summed E-state index contributed by atoms with van der Waals surface area (Å²) < 4.78 is 0. The van der Waals surface area contributed by atoms with Gasteiger partial charge in [0.05, 0.1) is 10.7 Å². The molecule has 2 atom stereocenters. The van der Waals surface area contributed by atoms with Gasteiger partial charge in [-0.25, -0.2) is 0 Å². The Kier molecular flexibility index (Phi) is 4.15. The second-order valence-electron chi connectivity index (χ2n) is 5.70. The van der Waals surface area contributed by atoms with Crippen LogP contribution in [0.3, 0.4) is 0 Å². The highest BCUT2D eigenvalue weighted by molar-refractivity contribution is 7.80. The summed E-state index contributed by atoms with van der Waals surface area (Å²) in [7, 11) is 0. The maximum Gasteiger partial charge on any atom is 0.104 e. The number of hydrogen-bond acceptors (Lipinski definition) is 3. The highest BCUT2D eigenvalue weighted by atomic mass is 35.5. The zero-order valence-corrected chi connectivity index (χ0v) is 13.0. The Morgan fingerprint density at radius 1 is 1.30 bits per heavy atom. The summed E-state index contributed by atoms with van der Waals surface area (Å²) in [5.74, 6) is 0. The summed E-state index contributed by atoms with van der Waals surface area (Å²) in [5, 5.41) is 4.32. The molecule has 2 aliphatic rings. The van der Waals surface area contributed by atoms with Gasteiger partial charge < -0.3 is 11.1 Å². The molecule has 2 unspecified atom stereocenters. The molecular formula is C15H20ClN3S. The fourth-order valence-corrected chi connectivity index (χ4v) is 3.76. The third-order valence-electron chi connectivity index (χ3n) is 4.45. The highest BCUT2D eigenvalue weighted by Crippen LogP contribution is 2.31. The van der Waals surface area contributed by atoms with E-state index in [1.54, 1.807) is 0 Å². The number of benzene rings is 1. The van der Waals surface area contributed by atoms with E-state index in [9.17, 15) is 0 Å². The van der Waals surface area contributed by atoms with Gasteiger partial charge in [0.1, 0.15) is 4.99 Å². The lowest BCUT2D eigenvalue weighted by Crippen LogP contribution is -2.41. The van der Waals surface area contributed by atoms with Crippen LogP contribution in [0.5, 0.6) is 0 Å². The van der Waals surface area contributed by atoms with Crippen LogP contribution in [0.2, 0.25) is 5.02 Å². The molecule has 3 rings (SSSR count). The molecule has 2 aliphatic heterocycles. The van der Waals surface area contributed by atoms with E-state index < -0.39 is 0 Å². The Bertz CT molecular complexity index is 520. The SMILES string of the molecule is NC(=S)c1ccc(NC2CCN3CCCCC23)c(Cl)c1. The zero-order chi connectivity index (χ0) is 14.1. The van der Waals surface area contributed by atoms with E-state index in [1.807, 2.05) is 18.2 Å². The van der Waals surface area contributed by atoms with E-state index in [0.717, 1.165) is 11.3 Å². The predicted octanol–water partition coefficient (Wildman–Crippen LogP) is 3.01. The molecule has 0 radical (unpaired) electrons. The van der Waals surface area contributed by atoms with E-state index in [4.69, 9.17) is 29.6 Å². The minimum atomic E-state index is 0.387. The Hall–Kier alpha value is -0.840. The lowest BCUT2D eigenvalue weighted by molar-refractivity contribution is 0.193. The average Bonchev–Trinajstić information content (AvgIpc) is 2.84. The van der Waals surface area contributed by atoms with Crippen molar-refractivity contribution in [2.45, 2.75) is 37.8 Å². The Balaban J connectivity index is 1.73. The van der Waals surface area contributed by atoms with Gasteiger partial charge in [-0.05, 0) is 44.0 Å². The first-order chi connectivity index (χ1) is 9.65. The monoisotopic (exact) mass is 309 g/mol. The van der Waals surface area contributed by atoms with Gasteiger partial charge in [-0.15, -0.1) is 0 Å². The van der Waals surface area contributed by atoms with Gasteiger partial charge in [-0.1, -0.05) is 30.2 Å². The van der Waals surface area contributed by atoms with Gasteiger partial charge in [-0.2, -0.15) is 0 Å². The summed E-state index contributed by atoms with van der Waals surface area (Å²) in [5.41, 5.74) is 7.44. The van der Waals surface area contributed by atoms with Crippen LogP contribution in [-0.2, 0) is 0 Å². The minimum absolute atomic E-state index is 0.387. The summed E-state index contributed by atoms with van der Waals surface area (Å²) in [6, 6.07) is 6.94. The first-order valence-corrected chi connectivity index (χ1v) is 8.04. The van der Waals surface area contributed by atoms with Crippen LogP contribution in [-0.4, -0.2) is 35.1 Å². The predicted molar refractivity (Wildman–Crippen MR) is 88.6 cm³/mol. The molecule has 5 heteroatoms. The topological polar surface area (TPSA) is 41.3 Å². The van der Waals surface area contributed by atoms with E-state index in [2.05, 4.69) is 10.2 Å². The molecule has 3 N–H and O–H groups in total. The number of halogens is 1. The van der Waals surface area contributed by atoms with Crippen LogP contribution < -0.4 is 11.1 Å². The number of hydrogen-bond donors (Lipinski definition) is 2. The number of piperidine rings is 1. The number of nitrogens with two attached hydrogens (primary N) is 1. The van der Waals surface area contributed by atoms with Crippen molar-refractivity contribution in [3.05, 3.63) is 28.8 Å². The molecule has 0 aromatic heterocycles. The third kappa shape index (κ3) is 2.78. The van der Waals surface area contributed by atoms with Gasteiger partial charge in [0.25, 0.3) is 0 Å². The smallest absolute Gasteiger partial charge is 0.104 e. The number of rotatable bonds is 3.